The van der Waals surface area contributed by atoms with Crippen molar-refractivity contribution in [2.75, 3.05) is 13.1 Å². The number of carbonyl (C=O) groups excluding carboxylic acids is 2. The summed E-state index contributed by atoms with van der Waals surface area (Å²) in [6.45, 7) is 4.59. The maximum Gasteiger partial charge on any atom is 0.418 e. The van der Waals surface area contributed by atoms with E-state index < -0.39 is 18.4 Å². The van der Waals surface area contributed by atoms with E-state index in [2.05, 4.69) is 11.9 Å². The molecule has 1 saturated carbocycles. The first kappa shape index (κ1) is 25.7. The molecule has 1 atom stereocenters. The number of benzene rings is 2. The van der Waals surface area contributed by atoms with Crippen LogP contribution in [-0.2, 0) is 11.3 Å². The fourth-order valence-electron chi connectivity index (χ4n) is 4.77. The number of rotatable bonds is 9. The molecule has 0 bridgehead atoms. The summed E-state index contributed by atoms with van der Waals surface area (Å²) in [5.41, 5.74) is 2.01. The van der Waals surface area contributed by atoms with Gasteiger partial charge in [0.15, 0.2) is 5.58 Å². The first-order valence-corrected chi connectivity index (χ1v) is 12.7. The van der Waals surface area contributed by atoms with Crippen molar-refractivity contribution in [1.82, 2.24) is 14.8 Å². The van der Waals surface area contributed by atoms with Crippen LogP contribution in [0.4, 0.5) is 9.59 Å². The van der Waals surface area contributed by atoms with E-state index in [0.717, 1.165) is 36.1 Å². The highest BCUT2D eigenvalue weighted by Gasteiger charge is 2.36. The molecule has 3 amide bonds. The topological polar surface area (TPSA) is 96.1 Å². The van der Waals surface area contributed by atoms with Gasteiger partial charge in [0.2, 0.25) is 12.1 Å². The molecule has 36 heavy (non-hydrogen) atoms. The molecule has 0 spiro atoms. The van der Waals surface area contributed by atoms with Crippen LogP contribution in [0.25, 0.3) is 11.1 Å². The normalized spacial score (nSPS) is 15.5. The van der Waals surface area contributed by atoms with Gasteiger partial charge < -0.3 is 14.3 Å². The van der Waals surface area contributed by atoms with Crippen molar-refractivity contribution in [2.24, 2.45) is 5.41 Å². The number of amides is 3. The molecule has 3 aromatic rings. The molecule has 192 valence electrons. The van der Waals surface area contributed by atoms with Gasteiger partial charge in [0.1, 0.15) is 12.1 Å². The number of aromatic nitrogens is 1. The SMILES string of the molecule is CCCN(C(=O)N(CCC1(C)CCCC1)C(=O)OCc1ccccc1)[C@@H](O)c1nc2ccccc2o1. The highest BCUT2D eigenvalue weighted by molar-refractivity contribution is 5.91. The lowest BCUT2D eigenvalue weighted by Gasteiger charge is -2.33. The third-order valence-corrected chi connectivity index (χ3v) is 6.94. The van der Waals surface area contributed by atoms with Crippen LogP contribution in [0, 0.1) is 5.41 Å². The molecule has 0 saturated heterocycles. The lowest BCUT2D eigenvalue weighted by molar-refractivity contribution is -0.00249. The van der Waals surface area contributed by atoms with Gasteiger partial charge in [-0.1, -0.05) is 69.2 Å². The van der Waals surface area contributed by atoms with Crippen LogP contribution in [0.5, 0.6) is 0 Å². The molecule has 0 aliphatic heterocycles. The minimum Gasteiger partial charge on any atom is -0.444 e. The van der Waals surface area contributed by atoms with E-state index >= 15 is 0 Å². The number of fused-ring (bicyclic) bond motifs is 1. The number of urea groups is 1. The van der Waals surface area contributed by atoms with E-state index in [0.29, 0.717) is 23.9 Å². The Hall–Kier alpha value is -3.39. The lowest BCUT2D eigenvalue weighted by atomic mass is 9.85. The second kappa shape index (κ2) is 11.6. The van der Waals surface area contributed by atoms with Crippen LogP contribution >= 0.6 is 0 Å². The minimum absolute atomic E-state index is 0.0124. The molecule has 4 rings (SSSR count). The molecule has 8 nitrogen and oxygen atoms in total. The van der Waals surface area contributed by atoms with E-state index in [-0.39, 0.29) is 31.0 Å². The summed E-state index contributed by atoms with van der Waals surface area (Å²) in [4.78, 5) is 33.7. The number of para-hydroxylation sites is 2. The van der Waals surface area contributed by atoms with Crippen LogP contribution in [0.2, 0.25) is 0 Å². The maximum absolute atomic E-state index is 13.7. The Morgan fingerprint density at radius 2 is 1.78 bits per heavy atom. The quantitative estimate of drug-likeness (QED) is 0.354. The van der Waals surface area contributed by atoms with Gasteiger partial charge >= 0.3 is 12.1 Å². The Balaban J connectivity index is 1.55. The van der Waals surface area contributed by atoms with E-state index in [1.165, 1.54) is 4.90 Å². The van der Waals surface area contributed by atoms with Crippen molar-refractivity contribution in [1.29, 1.82) is 0 Å². The molecule has 1 aromatic heterocycles. The van der Waals surface area contributed by atoms with Crippen molar-refractivity contribution in [3.63, 3.8) is 0 Å². The highest BCUT2D eigenvalue weighted by Crippen LogP contribution is 2.40. The molecule has 1 fully saturated rings. The van der Waals surface area contributed by atoms with E-state index in [1.54, 1.807) is 12.1 Å². The van der Waals surface area contributed by atoms with Gasteiger partial charge in [0.05, 0.1) is 0 Å². The summed E-state index contributed by atoms with van der Waals surface area (Å²) in [5.74, 6) is 0.0124. The molecule has 0 radical (unpaired) electrons. The summed E-state index contributed by atoms with van der Waals surface area (Å²) in [5, 5.41) is 11.1. The molecule has 1 aliphatic carbocycles. The fourth-order valence-corrected chi connectivity index (χ4v) is 4.77. The molecular weight excluding hydrogens is 458 g/mol. The second-order valence-electron chi connectivity index (χ2n) is 9.83. The maximum atomic E-state index is 13.7. The second-order valence-corrected chi connectivity index (χ2v) is 9.83. The van der Waals surface area contributed by atoms with E-state index in [9.17, 15) is 14.7 Å². The molecule has 8 heteroatoms. The molecule has 2 aromatic carbocycles. The Bertz CT molecular complexity index is 1120. The monoisotopic (exact) mass is 493 g/mol. The predicted octanol–water partition coefficient (Wildman–Crippen LogP) is 6.26. The van der Waals surface area contributed by atoms with Gasteiger partial charge in [-0.3, -0.25) is 4.90 Å². The van der Waals surface area contributed by atoms with Gasteiger partial charge in [-0.15, -0.1) is 0 Å². The van der Waals surface area contributed by atoms with Crippen LogP contribution < -0.4 is 0 Å². The first-order chi connectivity index (χ1) is 17.4. The number of hydrogen-bond donors (Lipinski definition) is 1. The Morgan fingerprint density at radius 1 is 1.08 bits per heavy atom. The highest BCUT2D eigenvalue weighted by atomic mass is 16.6. The van der Waals surface area contributed by atoms with Crippen molar-refractivity contribution >= 4 is 23.2 Å². The first-order valence-electron chi connectivity index (χ1n) is 12.7. The number of aliphatic hydroxyl groups excluding tert-OH is 1. The summed E-state index contributed by atoms with van der Waals surface area (Å²) >= 11 is 0. The van der Waals surface area contributed by atoms with Crippen LogP contribution in [0.1, 0.15) is 70.1 Å². The minimum atomic E-state index is -1.43. The Labute approximate surface area is 211 Å². The smallest absolute Gasteiger partial charge is 0.418 e. The largest absolute Gasteiger partial charge is 0.444 e. The summed E-state index contributed by atoms with van der Waals surface area (Å²) in [6, 6.07) is 15.9. The summed E-state index contributed by atoms with van der Waals surface area (Å²) in [6.07, 6.45) is 3.54. The average molecular weight is 494 g/mol. The van der Waals surface area contributed by atoms with Gasteiger partial charge in [-0.25, -0.2) is 19.5 Å². The van der Waals surface area contributed by atoms with Crippen molar-refractivity contribution in [3.8, 4) is 0 Å². The van der Waals surface area contributed by atoms with Crippen molar-refractivity contribution in [3.05, 3.63) is 66.1 Å². The van der Waals surface area contributed by atoms with Gasteiger partial charge in [-0.2, -0.15) is 0 Å². The number of aliphatic hydroxyl groups is 1. The van der Waals surface area contributed by atoms with E-state index in [4.69, 9.17) is 9.15 Å². The number of nitrogens with zero attached hydrogens (tertiary/aromatic N) is 3. The average Bonchev–Trinajstić information content (AvgIpc) is 3.53. The standard InChI is InChI=1S/C28H35N3O5/c1-3-18-30(25(32)24-29-22-13-7-8-14-23(22)36-24)26(33)31(19-17-28(2)15-9-10-16-28)27(34)35-20-21-11-5-4-6-12-21/h4-8,11-14,25,32H,3,9-10,15-20H2,1-2H3/t25-/m0/s1. The zero-order valence-electron chi connectivity index (χ0n) is 21.1. The lowest BCUT2D eigenvalue weighted by Crippen LogP contribution is -2.49. The zero-order chi connectivity index (χ0) is 25.5. The predicted molar refractivity (Wildman–Crippen MR) is 136 cm³/mol. The van der Waals surface area contributed by atoms with Gasteiger partial charge in [-0.05, 0) is 48.8 Å². The molecule has 1 aliphatic rings. The van der Waals surface area contributed by atoms with Crippen LogP contribution in [-0.4, -0.2) is 45.1 Å². The molecule has 0 unspecified atom stereocenters. The van der Waals surface area contributed by atoms with Gasteiger partial charge in [0, 0.05) is 13.1 Å². The number of oxazole rings is 1. The number of ether oxygens (including phenoxy) is 1. The van der Waals surface area contributed by atoms with Crippen LogP contribution in [0.3, 0.4) is 0 Å². The van der Waals surface area contributed by atoms with Crippen molar-refractivity contribution < 1.29 is 23.8 Å². The Morgan fingerprint density at radius 3 is 2.47 bits per heavy atom. The number of carbonyl (C=O) groups is 2. The fraction of sp³-hybridized carbons (Fsp3) is 0.464. The number of hydrogen-bond acceptors (Lipinski definition) is 6. The third kappa shape index (κ3) is 6.05. The molecule has 1 heterocycles. The summed E-state index contributed by atoms with van der Waals surface area (Å²) in [7, 11) is 0. The zero-order valence-corrected chi connectivity index (χ0v) is 21.1. The number of imide groups is 1. The third-order valence-electron chi connectivity index (χ3n) is 6.94. The Kier molecular flexibility index (Phi) is 8.25. The molecular formula is C28H35N3O5. The summed E-state index contributed by atoms with van der Waals surface area (Å²) < 4.78 is 11.3. The van der Waals surface area contributed by atoms with Crippen LogP contribution in [0.15, 0.2) is 59.0 Å². The van der Waals surface area contributed by atoms with Gasteiger partial charge in [0.25, 0.3) is 0 Å². The molecule has 1 N–H and O–H groups in total. The van der Waals surface area contributed by atoms with E-state index in [1.807, 2.05) is 49.4 Å². The van der Waals surface area contributed by atoms with Crippen molar-refractivity contribution in [2.45, 2.75) is 65.2 Å².